The Bertz CT molecular complexity index is 1630. The molecule has 0 radical (unpaired) electrons. The normalized spacial score (nSPS) is 14.8. The van der Waals surface area contributed by atoms with E-state index in [0.29, 0.717) is 34.2 Å². The van der Waals surface area contributed by atoms with Gasteiger partial charge < -0.3 is 9.15 Å². The van der Waals surface area contributed by atoms with Crippen LogP contribution in [0.4, 0.5) is 5.82 Å². The largest absolute Gasteiger partial charge is 0.489 e. The zero-order chi connectivity index (χ0) is 24.6. The Hall–Kier alpha value is -4.42. The highest BCUT2D eigenvalue weighted by atomic mass is 35.5. The lowest BCUT2D eigenvalue weighted by atomic mass is 9.98. The third-order valence-electron chi connectivity index (χ3n) is 6.17. The maximum absolute atomic E-state index is 13.7. The van der Waals surface area contributed by atoms with Gasteiger partial charge in [-0.25, -0.2) is 4.98 Å². The molecule has 1 aliphatic heterocycles. The minimum atomic E-state index is -0.717. The van der Waals surface area contributed by atoms with Crippen LogP contribution < -0.4 is 15.1 Å². The molecule has 0 N–H and O–H groups in total. The van der Waals surface area contributed by atoms with Gasteiger partial charge in [0.25, 0.3) is 5.91 Å². The van der Waals surface area contributed by atoms with Crippen LogP contribution in [0.5, 0.6) is 5.75 Å². The van der Waals surface area contributed by atoms with Crippen molar-refractivity contribution in [3.05, 3.63) is 135 Å². The van der Waals surface area contributed by atoms with E-state index in [1.165, 1.54) is 4.90 Å². The first kappa shape index (κ1) is 22.1. The summed E-state index contributed by atoms with van der Waals surface area (Å²) in [7, 11) is 0. The third kappa shape index (κ3) is 3.82. The highest BCUT2D eigenvalue weighted by Crippen LogP contribution is 2.41. The van der Waals surface area contributed by atoms with Crippen LogP contribution in [0.2, 0.25) is 5.02 Å². The van der Waals surface area contributed by atoms with Gasteiger partial charge in [-0.15, -0.1) is 0 Å². The van der Waals surface area contributed by atoms with Gasteiger partial charge in [0.15, 0.2) is 5.43 Å². The van der Waals surface area contributed by atoms with Crippen molar-refractivity contribution in [2.75, 3.05) is 4.90 Å². The van der Waals surface area contributed by atoms with E-state index >= 15 is 0 Å². The molecule has 2 aromatic heterocycles. The van der Waals surface area contributed by atoms with E-state index < -0.39 is 11.9 Å². The number of halogens is 1. The maximum Gasteiger partial charge on any atom is 0.296 e. The van der Waals surface area contributed by atoms with Gasteiger partial charge in [0, 0.05) is 11.2 Å². The monoisotopic (exact) mass is 494 g/mol. The fourth-order valence-electron chi connectivity index (χ4n) is 4.48. The summed E-state index contributed by atoms with van der Waals surface area (Å²) in [5, 5.41) is 0.738. The molecule has 5 aromatic rings. The van der Waals surface area contributed by atoms with Crippen molar-refractivity contribution in [2.45, 2.75) is 12.6 Å². The summed E-state index contributed by atoms with van der Waals surface area (Å²) in [6, 6.07) is 26.6. The van der Waals surface area contributed by atoms with Gasteiger partial charge in [-0.1, -0.05) is 60.1 Å². The predicted octanol–water partition coefficient (Wildman–Crippen LogP) is 6.17. The summed E-state index contributed by atoms with van der Waals surface area (Å²) >= 11 is 6.16. The fraction of sp³-hybridized carbons (Fsp3) is 0.0690. The molecule has 0 fully saturated rings. The summed E-state index contributed by atoms with van der Waals surface area (Å²) in [6.45, 7) is 0.432. The van der Waals surface area contributed by atoms with Gasteiger partial charge in [-0.2, -0.15) is 0 Å². The number of anilines is 1. The number of pyridine rings is 1. The Morgan fingerprint density at radius 2 is 1.69 bits per heavy atom. The highest BCUT2D eigenvalue weighted by Gasteiger charge is 2.44. The van der Waals surface area contributed by atoms with Crippen LogP contribution >= 0.6 is 11.6 Å². The van der Waals surface area contributed by atoms with Crippen LogP contribution in [0.15, 0.2) is 106 Å². The molecule has 3 aromatic carbocycles. The second-order valence-corrected chi connectivity index (χ2v) is 8.86. The summed E-state index contributed by atoms with van der Waals surface area (Å²) < 4.78 is 11.9. The summed E-state index contributed by atoms with van der Waals surface area (Å²) in [5.74, 6) is 0.681. The number of rotatable bonds is 5. The lowest BCUT2D eigenvalue weighted by molar-refractivity contribution is 0.0970. The maximum atomic E-state index is 13.7. The molecule has 6 rings (SSSR count). The predicted molar refractivity (Wildman–Crippen MR) is 138 cm³/mol. The molecule has 0 saturated carbocycles. The van der Waals surface area contributed by atoms with E-state index in [0.717, 1.165) is 11.1 Å². The summed E-state index contributed by atoms with van der Waals surface area (Å²) in [5.41, 5.74) is 2.06. The van der Waals surface area contributed by atoms with Gasteiger partial charge in [-0.3, -0.25) is 14.5 Å². The number of hydrogen-bond acceptors (Lipinski definition) is 5. The van der Waals surface area contributed by atoms with Gasteiger partial charge in [0.2, 0.25) is 5.76 Å². The smallest absolute Gasteiger partial charge is 0.296 e. The van der Waals surface area contributed by atoms with Crippen molar-refractivity contribution < 1.29 is 13.9 Å². The number of fused-ring (bicyclic) bond motifs is 2. The number of amides is 1. The fourth-order valence-corrected chi connectivity index (χ4v) is 4.65. The van der Waals surface area contributed by atoms with E-state index in [9.17, 15) is 9.59 Å². The van der Waals surface area contributed by atoms with E-state index in [1.807, 2.05) is 54.6 Å². The van der Waals surface area contributed by atoms with E-state index in [4.69, 9.17) is 20.8 Å². The van der Waals surface area contributed by atoms with Gasteiger partial charge in [0.05, 0.1) is 17.0 Å². The van der Waals surface area contributed by atoms with Crippen molar-refractivity contribution in [3.8, 4) is 5.75 Å². The number of carbonyl (C=O) groups is 1. The van der Waals surface area contributed by atoms with Crippen LogP contribution in [-0.4, -0.2) is 10.9 Å². The second-order valence-electron chi connectivity index (χ2n) is 8.42. The lowest BCUT2D eigenvalue weighted by Crippen LogP contribution is -2.30. The third-order valence-corrected chi connectivity index (χ3v) is 6.41. The lowest BCUT2D eigenvalue weighted by Gasteiger charge is -2.24. The quantitative estimate of drug-likeness (QED) is 0.292. The Morgan fingerprint density at radius 1 is 0.917 bits per heavy atom. The number of hydrogen-bond donors (Lipinski definition) is 0. The van der Waals surface area contributed by atoms with Crippen LogP contribution in [-0.2, 0) is 6.61 Å². The number of benzene rings is 3. The Kier molecular flexibility index (Phi) is 5.51. The topological polar surface area (TPSA) is 72.6 Å². The summed E-state index contributed by atoms with van der Waals surface area (Å²) in [6.07, 6.45) is 1.61. The minimum absolute atomic E-state index is 0.00915. The standard InChI is InChI=1S/C29H19ClN2O4/c30-20-11-14-23-22(16-20)27(33)25-26(32(29(34)28(25)36-23)24-8-4-5-15-31-24)19-9-12-21(13-10-19)35-17-18-6-2-1-3-7-18/h1-16,26H,17H2. The van der Waals surface area contributed by atoms with E-state index in [-0.39, 0.29) is 16.8 Å². The zero-order valence-electron chi connectivity index (χ0n) is 18.9. The molecule has 0 spiro atoms. The molecular formula is C29H19ClN2O4. The van der Waals surface area contributed by atoms with Crippen LogP contribution in [0.1, 0.15) is 33.3 Å². The Balaban J connectivity index is 1.44. The molecule has 1 amide bonds. The molecule has 1 atom stereocenters. The average Bonchev–Trinajstić information content (AvgIpc) is 3.21. The SMILES string of the molecule is O=C1c2oc3ccc(Cl)cc3c(=O)c2C(c2ccc(OCc3ccccc3)cc2)N1c1ccccn1. The number of aromatic nitrogens is 1. The van der Waals surface area contributed by atoms with Crippen molar-refractivity contribution >= 4 is 34.3 Å². The zero-order valence-corrected chi connectivity index (χ0v) is 19.7. The van der Waals surface area contributed by atoms with Crippen LogP contribution in [0.3, 0.4) is 0 Å². The number of nitrogens with zero attached hydrogens (tertiary/aromatic N) is 2. The molecule has 0 bridgehead atoms. The van der Waals surface area contributed by atoms with Crippen molar-refractivity contribution in [1.82, 2.24) is 4.98 Å². The van der Waals surface area contributed by atoms with Crippen molar-refractivity contribution in [2.24, 2.45) is 0 Å². The minimum Gasteiger partial charge on any atom is -0.489 e. The average molecular weight is 495 g/mol. The first-order valence-electron chi connectivity index (χ1n) is 11.4. The van der Waals surface area contributed by atoms with E-state index in [2.05, 4.69) is 4.98 Å². The first-order valence-corrected chi connectivity index (χ1v) is 11.8. The van der Waals surface area contributed by atoms with Crippen LogP contribution in [0, 0.1) is 0 Å². The molecule has 1 aliphatic rings. The molecule has 6 nitrogen and oxygen atoms in total. The molecule has 176 valence electrons. The number of carbonyl (C=O) groups excluding carboxylic acids is 1. The van der Waals surface area contributed by atoms with Gasteiger partial charge in [0.1, 0.15) is 23.8 Å². The van der Waals surface area contributed by atoms with Gasteiger partial charge >= 0.3 is 0 Å². The number of ether oxygens (including phenoxy) is 1. The van der Waals surface area contributed by atoms with E-state index in [1.54, 1.807) is 42.6 Å². The van der Waals surface area contributed by atoms with Gasteiger partial charge in [-0.05, 0) is 53.6 Å². The molecule has 0 aliphatic carbocycles. The summed E-state index contributed by atoms with van der Waals surface area (Å²) in [4.78, 5) is 33.1. The molecule has 3 heterocycles. The molecular weight excluding hydrogens is 476 g/mol. The Morgan fingerprint density at radius 3 is 2.44 bits per heavy atom. The second kappa shape index (κ2) is 8.98. The molecule has 36 heavy (non-hydrogen) atoms. The van der Waals surface area contributed by atoms with Crippen molar-refractivity contribution in [1.29, 1.82) is 0 Å². The van der Waals surface area contributed by atoms with Crippen LogP contribution in [0.25, 0.3) is 11.0 Å². The first-order chi connectivity index (χ1) is 17.6. The Labute approximate surface area is 211 Å². The molecule has 7 heteroatoms. The molecule has 1 unspecified atom stereocenters. The highest BCUT2D eigenvalue weighted by molar-refractivity contribution is 6.31. The van der Waals surface area contributed by atoms with Crippen molar-refractivity contribution in [3.63, 3.8) is 0 Å². The molecule has 0 saturated heterocycles.